The number of halogens is 2. The molecular weight excluding hydrogens is 215 g/mol. The van der Waals surface area contributed by atoms with E-state index in [0.717, 1.165) is 0 Å². The van der Waals surface area contributed by atoms with Crippen molar-refractivity contribution >= 4 is 17.4 Å². The third-order valence-electron chi connectivity index (χ3n) is 2.87. The molecule has 1 aliphatic rings. The van der Waals surface area contributed by atoms with Gasteiger partial charge in [-0.25, -0.2) is 9.37 Å². The van der Waals surface area contributed by atoms with Gasteiger partial charge in [-0.05, 0) is 30.9 Å². The second-order valence-electron chi connectivity index (χ2n) is 3.95. The third-order valence-corrected chi connectivity index (χ3v) is 3.38. The predicted molar refractivity (Wildman–Crippen MR) is 59.7 cm³/mol. The van der Waals surface area contributed by atoms with Crippen molar-refractivity contribution in [2.24, 2.45) is 5.92 Å². The highest BCUT2D eigenvalue weighted by atomic mass is 35.5. The second kappa shape index (κ2) is 4.79. The highest BCUT2D eigenvalue weighted by Gasteiger charge is 2.25. The van der Waals surface area contributed by atoms with Crippen LogP contribution in [0.25, 0.3) is 0 Å². The minimum Gasteiger partial charge on any atom is -0.369 e. The Balaban J connectivity index is 1.79. The van der Waals surface area contributed by atoms with Gasteiger partial charge in [0.25, 0.3) is 0 Å². The molecule has 1 N–H and O–H groups in total. The summed E-state index contributed by atoms with van der Waals surface area (Å²) in [4.78, 5) is 3.91. The van der Waals surface area contributed by atoms with E-state index in [1.165, 1.54) is 31.5 Å². The summed E-state index contributed by atoms with van der Waals surface area (Å²) in [6, 6.07) is 3.02. The molecule has 1 aliphatic carbocycles. The number of aromatic nitrogens is 1. The van der Waals surface area contributed by atoms with Gasteiger partial charge in [0.1, 0.15) is 11.6 Å². The highest BCUT2D eigenvalue weighted by molar-refractivity contribution is 6.21. The molecule has 82 valence electrons. The summed E-state index contributed by atoms with van der Waals surface area (Å²) in [6.07, 6.45) is 4.96. The van der Waals surface area contributed by atoms with Gasteiger partial charge in [0.15, 0.2) is 0 Å². The summed E-state index contributed by atoms with van der Waals surface area (Å²) >= 11 is 6.20. The molecule has 0 aromatic carbocycles. The quantitative estimate of drug-likeness (QED) is 0.802. The van der Waals surface area contributed by atoms with Gasteiger partial charge < -0.3 is 5.32 Å². The summed E-state index contributed by atoms with van der Waals surface area (Å²) in [6.45, 7) is 0.699. The van der Waals surface area contributed by atoms with E-state index in [1.54, 1.807) is 6.07 Å². The largest absolute Gasteiger partial charge is 0.369 e. The van der Waals surface area contributed by atoms with Crippen molar-refractivity contribution in [1.82, 2.24) is 4.98 Å². The number of nitrogens with zero attached hydrogens (tertiary/aromatic N) is 1. The Hall–Kier alpha value is -0.830. The number of pyridine rings is 1. The minimum atomic E-state index is -0.318. The van der Waals surface area contributed by atoms with Crippen LogP contribution < -0.4 is 5.32 Å². The van der Waals surface area contributed by atoms with Gasteiger partial charge >= 0.3 is 0 Å². The molecule has 1 aromatic rings. The van der Waals surface area contributed by atoms with Crippen LogP contribution in [0.3, 0.4) is 0 Å². The van der Waals surface area contributed by atoms with Crippen molar-refractivity contribution in [1.29, 1.82) is 0 Å². The van der Waals surface area contributed by atoms with Gasteiger partial charge in [0.05, 0.1) is 11.6 Å². The molecule has 1 heterocycles. The van der Waals surface area contributed by atoms with E-state index in [4.69, 9.17) is 11.6 Å². The Morgan fingerprint density at radius 3 is 2.87 bits per heavy atom. The molecule has 2 rings (SSSR count). The molecule has 4 heteroatoms. The van der Waals surface area contributed by atoms with E-state index >= 15 is 0 Å². The maximum Gasteiger partial charge on any atom is 0.141 e. The van der Waals surface area contributed by atoms with Crippen molar-refractivity contribution in [3.05, 3.63) is 24.1 Å². The molecule has 15 heavy (non-hydrogen) atoms. The molecule has 1 aromatic heterocycles. The van der Waals surface area contributed by atoms with Crippen molar-refractivity contribution in [3.8, 4) is 0 Å². The van der Waals surface area contributed by atoms with Crippen LogP contribution in [-0.2, 0) is 0 Å². The average molecular weight is 229 g/mol. The van der Waals surface area contributed by atoms with Crippen LogP contribution in [0.2, 0.25) is 0 Å². The molecule has 0 bridgehead atoms. The van der Waals surface area contributed by atoms with Crippen molar-refractivity contribution in [3.63, 3.8) is 0 Å². The van der Waals surface area contributed by atoms with Crippen LogP contribution in [0.1, 0.15) is 19.3 Å². The monoisotopic (exact) mass is 228 g/mol. The van der Waals surface area contributed by atoms with E-state index in [2.05, 4.69) is 10.3 Å². The summed E-state index contributed by atoms with van der Waals surface area (Å²) in [5, 5.41) is 3.27. The SMILES string of the molecule is Fc1ccc(NCC(Cl)C2CCC2)nc1. The van der Waals surface area contributed by atoms with Crippen molar-refractivity contribution < 1.29 is 4.39 Å². The van der Waals surface area contributed by atoms with Gasteiger partial charge in [-0.15, -0.1) is 11.6 Å². The molecule has 2 nitrogen and oxygen atoms in total. The lowest BCUT2D eigenvalue weighted by molar-refractivity contribution is 0.308. The summed E-state index contributed by atoms with van der Waals surface area (Å²) < 4.78 is 12.6. The number of rotatable bonds is 4. The Morgan fingerprint density at radius 1 is 1.53 bits per heavy atom. The zero-order valence-corrected chi connectivity index (χ0v) is 9.17. The first-order valence-electron chi connectivity index (χ1n) is 5.25. The van der Waals surface area contributed by atoms with Crippen LogP contribution in [0.4, 0.5) is 10.2 Å². The number of hydrogen-bond donors (Lipinski definition) is 1. The highest BCUT2D eigenvalue weighted by Crippen LogP contribution is 2.32. The van der Waals surface area contributed by atoms with Crippen LogP contribution in [0.5, 0.6) is 0 Å². The lowest BCUT2D eigenvalue weighted by atomic mass is 9.83. The number of nitrogens with one attached hydrogen (secondary N) is 1. The van der Waals surface area contributed by atoms with Gasteiger partial charge in [-0.2, -0.15) is 0 Å². The zero-order chi connectivity index (χ0) is 10.7. The molecular formula is C11H14ClFN2. The standard InChI is InChI=1S/C11H14ClFN2/c12-10(8-2-1-3-8)7-15-11-5-4-9(13)6-14-11/h4-6,8,10H,1-3,7H2,(H,14,15). The predicted octanol–water partition coefficient (Wildman–Crippen LogP) is 3.04. The summed E-state index contributed by atoms with van der Waals surface area (Å²) in [5.74, 6) is 1.00. The molecule has 0 radical (unpaired) electrons. The van der Waals surface area contributed by atoms with Crippen molar-refractivity contribution in [2.75, 3.05) is 11.9 Å². The third kappa shape index (κ3) is 2.81. The fourth-order valence-corrected chi connectivity index (χ4v) is 1.98. The molecule has 1 fully saturated rings. The normalized spacial score (nSPS) is 18.3. The van der Waals surface area contributed by atoms with E-state index in [0.29, 0.717) is 18.3 Å². The molecule has 1 atom stereocenters. The fraction of sp³-hybridized carbons (Fsp3) is 0.545. The molecule has 1 saturated carbocycles. The van der Waals surface area contributed by atoms with Gasteiger partial charge in [-0.3, -0.25) is 0 Å². The number of hydrogen-bond acceptors (Lipinski definition) is 2. The van der Waals surface area contributed by atoms with E-state index < -0.39 is 0 Å². The van der Waals surface area contributed by atoms with E-state index in [9.17, 15) is 4.39 Å². The van der Waals surface area contributed by atoms with E-state index in [1.807, 2.05) is 0 Å². The number of anilines is 1. The van der Waals surface area contributed by atoms with E-state index in [-0.39, 0.29) is 11.2 Å². The molecule has 0 saturated heterocycles. The Bertz CT molecular complexity index is 311. The Kier molecular flexibility index (Phi) is 3.41. The van der Waals surface area contributed by atoms with Gasteiger partial charge in [0, 0.05) is 6.54 Å². The fourth-order valence-electron chi connectivity index (χ4n) is 1.65. The van der Waals surface area contributed by atoms with Crippen LogP contribution in [0, 0.1) is 11.7 Å². The van der Waals surface area contributed by atoms with Crippen molar-refractivity contribution in [2.45, 2.75) is 24.6 Å². The van der Waals surface area contributed by atoms with Crippen LogP contribution >= 0.6 is 11.6 Å². The maximum absolute atomic E-state index is 12.6. The van der Waals surface area contributed by atoms with Crippen LogP contribution in [0.15, 0.2) is 18.3 Å². The molecule has 0 spiro atoms. The lowest BCUT2D eigenvalue weighted by Crippen LogP contribution is -2.28. The van der Waals surface area contributed by atoms with Gasteiger partial charge in [-0.1, -0.05) is 6.42 Å². The number of alkyl halides is 1. The molecule has 0 aliphatic heterocycles. The summed E-state index contributed by atoms with van der Waals surface area (Å²) in [7, 11) is 0. The topological polar surface area (TPSA) is 24.9 Å². The first-order valence-corrected chi connectivity index (χ1v) is 5.69. The minimum absolute atomic E-state index is 0.158. The average Bonchev–Trinajstić information content (AvgIpc) is 2.14. The van der Waals surface area contributed by atoms with Crippen LogP contribution in [-0.4, -0.2) is 16.9 Å². The lowest BCUT2D eigenvalue weighted by Gasteiger charge is -2.29. The zero-order valence-electron chi connectivity index (χ0n) is 8.42. The first-order chi connectivity index (χ1) is 7.25. The Labute approximate surface area is 93.9 Å². The maximum atomic E-state index is 12.6. The summed E-state index contributed by atoms with van der Waals surface area (Å²) in [5.41, 5.74) is 0. The Morgan fingerprint density at radius 2 is 2.33 bits per heavy atom. The first kappa shape index (κ1) is 10.7. The molecule has 0 amide bonds. The smallest absolute Gasteiger partial charge is 0.141 e. The van der Waals surface area contributed by atoms with Gasteiger partial charge in [0.2, 0.25) is 0 Å². The second-order valence-corrected chi connectivity index (χ2v) is 4.51. The molecule has 1 unspecified atom stereocenters.